The molecule has 134 valence electrons. The van der Waals surface area contributed by atoms with Crippen molar-refractivity contribution in [1.29, 1.82) is 0 Å². The summed E-state index contributed by atoms with van der Waals surface area (Å²) in [5, 5.41) is 0.314. The molecule has 2 aromatic carbocycles. The van der Waals surface area contributed by atoms with Gasteiger partial charge in [-0.2, -0.15) is 0 Å². The van der Waals surface area contributed by atoms with Crippen LogP contribution in [0.1, 0.15) is 31.3 Å². The molecule has 1 aliphatic heterocycles. The Balaban J connectivity index is 1.73. The van der Waals surface area contributed by atoms with Gasteiger partial charge in [-0.05, 0) is 36.4 Å². The molecule has 0 atom stereocenters. The first-order valence-electron chi connectivity index (χ1n) is 8.13. The maximum atomic E-state index is 13.0. The number of hydrogen-bond acceptors (Lipinski definition) is 4. The van der Waals surface area contributed by atoms with Gasteiger partial charge in [0.25, 0.3) is 17.7 Å². The molecule has 1 aromatic heterocycles. The van der Waals surface area contributed by atoms with Crippen LogP contribution in [0.2, 0.25) is 5.02 Å². The summed E-state index contributed by atoms with van der Waals surface area (Å²) in [4.78, 5) is 40.6. The zero-order valence-electron chi connectivity index (χ0n) is 14.0. The van der Waals surface area contributed by atoms with E-state index >= 15 is 0 Å². The van der Waals surface area contributed by atoms with Crippen LogP contribution in [-0.2, 0) is 0 Å². The van der Waals surface area contributed by atoms with E-state index in [2.05, 4.69) is 0 Å². The summed E-state index contributed by atoms with van der Waals surface area (Å²) < 4.78 is 5.19. The largest absolute Gasteiger partial charge is 0.459 e. The molecule has 0 unspecified atom stereocenters. The van der Waals surface area contributed by atoms with Crippen LogP contribution < -0.4 is 4.90 Å². The minimum atomic E-state index is -0.510. The predicted octanol–water partition coefficient (Wildman–Crippen LogP) is 3.83. The normalized spacial score (nSPS) is 13.0. The van der Waals surface area contributed by atoms with Gasteiger partial charge in [-0.3, -0.25) is 24.2 Å². The van der Waals surface area contributed by atoms with Crippen LogP contribution in [0.25, 0.3) is 0 Å². The maximum absolute atomic E-state index is 13.0. The van der Waals surface area contributed by atoms with Crippen molar-refractivity contribution < 1.29 is 18.8 Å². The van der Waals surface area contributed by atoms with Gasteiger partial charge in [0.05, 0.1) is 28.1 Å². The molecule has 3 aromatic rings. The lowest BCUT2D eigenvalue weighted by Crippen LogP contribution is -2.44. The highest BCUT2D eigenvalue weighted by Crippen LogP contribution is 2.29. The van der Waals surface area contributed by atoms with E-state index in [1.54, 1.807) is 54.6 Å². The molecule has 0 N–H and O–H groups in total. The first-order valence-corrected chi connectivity index (χ1v) is 8.51. The second-order valence-corrected chi connectivity index (χ2v) is 6.29. The van der Waals surface area contributed by atoms with Crippen molar-refractivity contribution in [1.82, 2.24) is 4.90 Å². The molecule has 6 nitrogen and oxygen atoms in total. The van der Waals surface area contributed by atoms with Crippen molar-refractivity contribution in [3.05, 3.63) is 88.8 Å². The molecule has 2 heterocycles. The number of carbonyl (C=O) groups is 3. The van der Waals surface area contributed by atoms with E-state index in [1.807, 2.05) is 0 Å². The molecule has 0 spiro atoms. The average molecular weight is 381 g/mol. The van der Waals surface area contributed by atoms with Crippen molar-refractivity contribution in [2.24, 2.45) is 0 Å². The van der Waals surface area contributed by atoms with Gasteiger partial charge in [-0.1, -0.05) is 35.9 Å². The number of halogens is 1. The SMILES string of the molecule is O=C1c2ccccc2C(=O)N1CN(C(=O)c1ccco1)c1ccccc1Cl. The van der Waals surface area contributed by atoms with Crippen LogP contribution in [-0.4, -0.2) is 29.3 Å². The van der Waals surface area contributed by atoms with Crippen LogP contribution >= 0.6 is 11.6 Å². The number of carbonyl (C=O) groups excluding carboxylic acids is 3. The molecule has 0 saturated heterocycles. The summed E-state index contributed by atoms with van der Waals surface area (Å²) in [6, 6.07) is 16.3. The first kappa shape index (κ1) is 17.1. The molecule has 0 radical (unpaired) electrons. The summed E-state index contributed by atoms with van der Waals surface area (Å²) in [6.07, 6.45) is 1.38. The molecule has 0 saturated carbocycles. The zero-order chi connectivity index (χ0) is 19.0. The average Bonchev–Trinajstić information content (AvgIpc) is 3.30. The van der Waals surface area contributed by atoms with Gasteiger partial charge in [0.1, 0.15) is 6.67 Å². The number of imide groups is 1. The number of fused-ring (bicyclic) bond motifs is 1. The lowest BCUT2D eigenvalue weighted by Gasteiger charge is -2.27. The smallest absolute Gasteiger partial charge is 0.295 e. The fraction of sp³-hybridized carbons (Fsp3) is 0.0500. The lowest BCUT2D eigenvalue weighted by atomic mass is 10.1. The predicted molar refractivity (Wildman–Crippen MR) is 98.8 cm³/mol. The van der Waals surface area contributed by atoms with Crippen molar-refractivity contribution >= 4 is 35.0 Å². The molecule has 1 aliphatic rings. The molecule has 4 rings (SSSR count). The highest BCUT2D eigenvalue weighted by atomic mass is 35.5. The van der Waals surface area contributed by atoms with Gasteiger partial charge in [0.2, 0.25) is 0 Å². The number of amides is 3. The number of benzene rings is 2. The van der Waals surface area contributed by atoms with Crippen molar-refractivity contribution in [3.63, 3.8) is 0 Å². The Morgan fingerprint density at radius 1 is 0.926 bits per heavy atom. The summed E-state index contributed by atoms with van der Waals surface area (Å²) in [6.45, 7) is -0.282. The topological polar surface area (TPSA) is 70.8 Å². The standard InChI is InChI=1S/C20H13ClN2O4/c21-15-8-3-4-9-16(15)22(20(26)17-10-5-11-27-17)12-23-18(24)13-6-1-2-7-14(13)19(23)25/h1-11H,12H2. The Hall–Kier alpha value is -3.38. The summed E-state index contributed by atoms with van der Waals surface area (Å²) >= 11 is 6.26. The number of rotatable bonds is 4. The van der Waals surface area contributed by atoms with Gasteiger partial charge in [0, 0.05) is 0 Å². The molecule has 0 aliphatic carbocycles. The first-order chi connectivity index (χ1) is 13.1. The van der Waals surface area contributed by atoms with E-state index in [4.69, 9.17) is 16.0 Å². The highest BCUT2D eigenvalue weighted by Gasteiger charge is 2.38. The van der Waals surface area contributed by atoms with Crippen LogP contribution in [0.4, 0.5) is 5.69 Å². The van der Waals surface area contributed by atoms with E-state index in [9.17, 15) is 14.4 Å². The Kier molecular flexibility index (Phi) is 4.25. The zero-order valence-corrected chi connectivity index (χ0v) is 14.7. The molecule has 0 bridgehead atoms. The van der Waals surface area contributed by atoms with Gasteiger partial charge in [-0.15, -0.1) is 0 Å². The van der Waals surface area contributed by atoms with Gasteiger partial charge in [-0.25, -0.2) is 0 Å². The summed E-state index contributed by atoms with van der Waals surface area (Å²) in [5.41, 5.74) is 0.997. The fourth-order valence-electron chi connectivity index (χ4n) is 2.96. The Morgan fingerprint density at radius 2 is 1.56 bits per heavy atom. The number of hydrogen-bond donors (Lipinski definition) is 0. The minimum absolute atomic E-state index is 0.0755. The van der Waals surface area contributed by atoms with Crippen LogP contribution in [0.3, 0.4) is 0 Å². The summed E-state index contributed by atoms with van der Waals surface area (Å²) in [5.74, 6) is -1.35. The van der Waals surface area contributed by atoms with Gasteiger partial charge in [0.15, 0.2) is 5.76 Å². The van der Waals surface area contributed by atoms with E-state index in [0.29, 0.717) is 21.8 Å². The Morgan fingerprint density at radius 3 is 2.15 bits per heavy atom. The molecule has 3 amide bonds. The minimum Gasteiger partial charge on any atom is -0.459 e. The molecular weight excluding hydrogens is 368 g/mol. The Labute approximate surface area is 159 Å². The monoisotopic (exact) mass is 380 g/mol. The highest BCUT2D eigenvalue weighted by molar-refractivity contribution is 6.34. The van der Waals surface area contributed by atoms with Crippen LogP contribution in [0.15, 0.2) is 71.3 Å². The maximum Gasteiger partial charge on any atom is 0.295 e. The number of para-hydroxylation sites is 1. The second kappa shape index (κ2) is 6.74. The molecule has 27 heavy (non-hydrogen) atoms. The van der Waals surface area contributed by atoms with Crippen molar-refractivity contribution in [3.8, 4) is 0 Å². The molecule has 7 heteroatoms. The van der Waals surface area contributed by atoms with E-state index in [0.717, 1.165) is 4.90 Å². The van der Waals surface area contributed by atoms with Crippen LogP contribution in [0, 0.1) is 0 Å². The third kappa shape index (κ3) is 2.90. The van der Waals surface area contributed by atoms with Gasteiger partial charge >= 0.3 is 0 Å². The molecule has 0 fully saturated rings. The summed E-state index contributed by atoms with van der Waals surface area (Å²) in [7, 11) is 0. The van der Waals surface area contributed by atoms with Gasteiger partial charge < -0.3 is 4.42 Å². The molecular formula is C20H13ClN2O4. The van der Waals surface area contributed by atoms with Crippen molar-refractivity contribution in [2.75, 3.05) is 11.6 Å². The number of furan rings is 1. The van der Waals surface area contributed by atoms with Crippen molar-refractivity contribution in [2.45, 2.75) is 0 Å². The second-order valence-electron chi connectivity index (χ2n) is 5.89. The quantitative estimate of drug-likeness (QED) is 0.645. The third-order valence-electron chi connectivity index (χ3n) is 4.28. The lowest BCUT2D eigenvalue weighted by molar-refractivity contribution is 0.0649. The Bertz CT molecular complexity index is 1010. The number of nitrogens with zero attached hydrogens (tertiary/aromatic N) is 2. The van der Waals surface area contributed by atoms with E-state index in [-0.39, 0.29) is 12.4 Å². The fourth-order valence-corrected chi connectivity index (χ4v) is 3.20. The van der Waals surface area contributed by atoms with E-state index in [1.165, 1.54) is 17.2 Å². The van der Waals surface area contributed by atoms with E-state index < -0.39 is 17.7 Å². The van der Waals surface area contributed by atoms with Crippen LogP contribution in [0.5, 0.6) is 0 Å². The third-order valence-corrected chi connectivity index (χ3v) is 4.60. The number of anilines is 1.